The minimum absolute atomic E-state index is 0.328. The van der Waals surface area contributed by atoms with Crippen molar-refractivity contribution in [3.05, 3.63) is 29.3 Å². The molecule has 0 bridgehead atoms. The zero-order valence-electron chi connectivity index (χ0n) is 7.49. The van der Waals surface area contributed by atoms with Crippen LogP contribution in [0.5, 0.6) is 5.75 Å². The highest BCUT2D eigenvalue weighted by atomic mass is 16.5. The largest absolute Gasteiger partial charge is 0.493 e. The summed E-state index contributed by atoms with van der Waals surface area (Å²) in [5, 5.41) is 0. The number of ether oxygens (including phenoxy) is 1. The first-order chi connectivity index (χ1) is 6.34. The summed E-state index contributed by atoms with van der Waals surface area (Å²) >= 11 is 0. The van der Waals surface area contributed by atoms with Gasteiger partial charge in [-0.3, -0.25) is 0 Å². The Morgan fingerprint density at radius 1 is 1.38 bits per heavy atom. The first kappa shape index (κ1) is 7.39. The molecule has 1 heterocycles. The van der Waals surface area contributed by atoms with Crippen LogP contribution in [0.25, 0.3) is 0 Å². The first-order valence-electron chi connectivity index (χ1n) is 4.85. The van der Waals surface area contributed by atoms with Crippen LogP contribution in [0.3, 0.4) is 0 Å². The molecule has 0 radical (unpaired) electrons. The van der Waals surface area contributed by atoms with Crippen LogP contribution in [0.15, 0.2) is 18.2 Å². The topological polar surface area (TPSA) is 35.2 Å². The maximum absolute atomic E-state index is 5.98. The lowest BCUT2D eigenvalue weighted by Gasteiger charge is -2.24. The lowest BCUT2D eigenvalue weighted by Crippen LogP contribution is -2.30. The van der Waals surface area contributed by atoms with E-state index in [2.05, 4.69) is 18.2 Å². The summed E-state index contributed by atoms with van der Waals surface area (Å²) in [7, 11) is 0. The van der Waals surface area contributed by atoms with Crippen molar-refractivity contribution in [2.75, 3.05) is 6.61 Å². The fourth-order valence-corrected chi connectivity index (χ4v) is 2.55. The maximum Gasteiger partial charge on any atom is 0.123 e. The molecule has 2 heteroatoms. The second-order valence-electron chi connectivity index (χ2n) is 4.04. The van der Waals surface area contributed by atoms with Crippen LogP contribution in [0, 0.1) is 0 Å². The predicted molar refractivity (Wildman–Crippen MR) is 51.0 cm³/mol. The monoisotopic (exact) mass is 175 g/mol. The molecule has 2 atom stereocenters. The fourth-order valence-electron chi connectivity index (χ4n) is 2.55. The van der Waals surface area contributed by atoms with Gasteiger partial charge in [-0.05, 0) is 24.5 Å². The lowest BCUT2D eigenvalue weighted by molar-refractivity contribution is 0.316. The van der Waals surface area contributed by atoms with E-state index in [9.17, 15) is 0 Å². The van der Waals surface area contributed by atoms with E-state index in [1.54, 1.807) is 0 Å². The highest BCUT2D eigenvalue weighted by Crippen LogP contribution is 2.42. The van der Waals surface area contributed by atoms with Crippen LogP contribution in [0.1, 0.15) is 23.5 Å². The van der Waals surface area contributed by atoms with Crippen LogP contribution in [0.2, 0.25) is 0 Å². The van der Waals surface area contributed by atoms with Crippen LogP contribution < -0.4 is 10.5 Å². The van der Waals surface area contributed by atoms with Crippen LogP contribution in [-0.4, -0.2) is 12.6 Å². The molecule has 0 saturated heterocycles. The minimum atomic E-state index is 0.328. The molecule has 3 rings (SSSR count). The van der Waals surface area contributed by atoms with Gasteiger partial charge in [-0.1, -0.05) is 12.1 Å². The Morgan fingerprint density at radius 3 is 3.23 bits per heavy atom. The van der Waals surface area contributed by atoms with Gasteiger partial charge in [0.1, 0.15) is 5.75 Å². The van der Waals surface area contributed by atoms with Crippen molar-refractivity contribution >= 4 is 0 Å². The van der Waals surface area contributed by atoms with Crippen molar-refractivity contribution in [2.45, 2.75) is 24.8 Å². The zero-order chi connectivity index (χ0) is 8.84. The maximum atomic E-state index is 5.98. The quantitative estimate of drug-likeness (QED) is 0.647. The summed E-state index contributed by atoms with van der Waals surface area (Å²) in [6, 6.07) is 6.64. The van der Waals surface area contributed by atoms with E-state index in [-0.39, 0.29) is 0 Å². The minimum Gasteiger partial charge on any atom is -0.493 e. The number of benzene rings is 1. The van der Waals surface area contributed by atoms with Crippen molar-refractivity contribution in [2.24, 2.45) is 5.73 Å². The van der Waals surface area contributed by atoms with Gasteiger partial charge in [0.2, 0.25) is 0 Å². The zero-order valence-corrected chi connectivity index (χ0v) is 7.49. The molecule has 13 heavy (non-hydrogen) atoms. The number of hydrogen-bond acceptors (Lipinski definition) is 2. The molecule has 2 aliphatic rings. The molecule has 1 aliphatic carbocycles. The van der Waals surface area contributed by atoms with Crippen molar-refractivity contribution < 1.29 is 4.74 Å². The third kappa shape index (κ3) is 0.985. The van der Waals surface area contributed by atoms with Gasteiger partial charge in [0.05, 0.1) is 6.61 Å². The Hall–Kier alpha value is -1.02. The van der Waals surface area contributed by atoms with Crippen LogP contribution in [0.4, 0.5) is 0 Å². The summed E-state index contributed by atoms with van der Waals surface area (Å²) < 4.78 is 5.62. The molecule has 0 aromatic heterocycles. The Kier molecular flexibility index (Phi) is 1.41. The number of nitrogens with two attached hydrogens (primary N) is 1. The summed E-state index contributed by atoms with van der Waals surface area (Å²) in [4.78, 5) is 0. The summed E-state index contributed by atoms with van der Waals surface area (Å²) in [5.41, 5.74) is 8.82. The van der Waals surface area contributed by atoms with Crippen molar-refractivity contribution in [1.82, 2.24) is 0 Å². The van der Waals surface area contributed by atoms with E-state index in [1.807, 2.05) is 0 Å². The first-order valence-corrected chi connectivity index (χ1v) is 4.85. The lowest BCUT2D eigenvalue weighted by atomic mass is 9.82. The van der Waals surface area contributed by atoms with Gasteiger partial charge in [-0.15, -0.1) is 0 Å². The van der Waals surface area contributed by atoms with Gasteiger partial charge < -0.3 is 10.5 Å². The van der Waals surface area contributed by atoms with Crippen LogP contribution >= 0.6 is 0 Å². The second kappa shape index (κ2) is 2.48. The van der Waals surface area contributed by atoms with Gasteiger partial charge in [-0.25, -0.2) is 0 Å². The van der Waals surface area contributed by atoms with Gasteiger partial charge in [0, 0.05) is 17.5 Å². The SMILES string of the molecule is NC1Cc2cccc3c2C(CO3)C1. The third-order valence-electron chi connectivity index (χ3n) is 3.07. The van der Waals surface area contributed by atoms with Crippen molar-refractivity contribution in [1.29, 1.82) is 0 Å². The molecule has 0 saturated carbocycles. The van der Waals surface area contributed by atoms with Crippen molar-refractivity contribution in [3.8, 4) is 5.75 Å². The average Bonchev–Trinajstić information content (AvgIpc) is 2.50. The molecular weight excluding hydrogens is 162 g/mol. The van der Waals surface area contributed by atoms with Gasteiger partial charge in [0.25, 0.3) is 0 Å². The normalized spacial score (nSPS) is 29.6. The Balaban J connectivity index is 2.16. The van der Waals surface area contributed by atoms with Crippen molar-refractivity contribution in [3.63, 3.8) is 0 Å². The Bertz CT molecular complexity index is 348. The molecule has 1 aromatic rings. The molecule has 68 valence electrons. The predicted octanol–water partition coefficient (Wildman–Crippen LogP) is 1.44. The molecule has 0 amide bonds. The van der Waals surface area contributed by atoms with Gasteiger partial charge >= 0.3 is 0 Å². The van der Waals surface area contributed by atoms with E-state index in [0.29, 0.717) is 12.0 Å². The standard InChI is InChI=1S/C11H13NO/c12-9-4-7-2-1-3-10-11(7)8(5-9)6-13-10/h1-3,8-9H,4-6,12H2. The molecule has 2 nitrogen and oxygen atoms in total. The fraction of sp³-hybridized carbons (Fsp3) is 0.455. The molecule has 2 N–H and O–H groups in total. The van der Waals surface area contributed by atoms with Gasteiger partial charge in [-0.2, -0.15) is 0 Å². The van der Waals surface area contributed by atoms with E-state index in [0.717, 1.165) is 25.2 Å². The highest BCUT2D eigenvalue weighted by molar-refractivity contribution is 5.47. The smallest absolute Gasteiger partial charge is 0.123 e. The van der Waals surface area contributed by atoms with E-state index < -0.39 is 0 Å². The molecule has 0 spiro atoms. The highest BCUT2D eigenvalue weighted by Gasteiger charge is 2.32. The Labute approximate surface area is 77.7 Å². The molecular formula is C11H13NO. The van der Waals surface area contributed by atoms with E-state index >= 15 is 0 Å². The summed E-state index contributed by atoms with van der Waals surface area (Å²) in [6.07, 6.45) is 2.10. The molecule has 2 unspecified atom stereocenters. The number of hydrogen-bond donors (Lipinski definition) is 1. The van der Waals surface area contributed by atoms with E-state index in [4.69, 9.17) is 10.5 Å². The van der Waals surface area contributed by atoms with E-state index in [1.165, 1.54) is 11.1 Å². The summed E-state index contributed by atoms with van der Waals surface area (Å²) in [6.45, 7) is 0.833. The van der Waals surface area contributed by atoms with Crippen LogP contribution in [-0.2, 0) is 6.42 Å². The van der Waals surface area contributed by atoms with Gasteiger partial charge in [0.15, 0.2) is 0 Å². The molecule has 1 aromatic carbocycles. The molecule has 0 fully saturated rings. The molecule has 1 aliphatic heterocycles. The average molecular weight is 175 g/mol. The third-order valence-corrected chi connectivity index (χ3v) is 3.07. The second-order valence-corrected chi connectivity index (χ2v) is 4.04. The number of rotatable bonds is 0. The summed E-state index contributed by atoms with van der Waals surface area (Å²) in [5.74, 6) is 1.66. The Morgan fingerprint density at radius 2 is 2.31 bits per heavy atom.